The SMILES string of the molecule is CCCC[P+](CCCC)(CCCC)CCCC.O=C(O)C=Cc1ccccc1.O=C([O-])c1ccccc1O. The normalized spacial score (nSPS) is 10.7. The molecule has 212 valence electrons. The van der Waals surface area contributed by atoms with Gasteiger partial charge in [-0.25, -0.2) is 4.79 Å². The first-order valence-corrected chi connectivity index (χ1v) is 16.6. The van der Waals surface area contributed by atoms with E-state index in [9.17, 15) is 14.7 Å². The summed E-state index contributed by atoms with van der Waals surface area (Å²) in [6.07, 6.45) is 20.6. The standard InChI is InChI=1S/C16H36P.C9H8O2.C7H6O3/c1-5-9-13-17(14-10-6-2,15-11-7-3)16-12-8-4;10-9(11)7-6-8-4-2-1-3-5-8;8-6-4-2-1-3-5(6)7(9)10/h5-16H2,1-4H3;1-7H,(H,10,11);1-4,8H,(H,9,10)/q+1;;/p-1. The van der Waals surface area contributed by atoms with Crippen molar-refractivity contribution in [2.75, 3.05) is 24.6 Å². The largest absolute Gasteiger partial charge is 0.545 e. The molecule has 0 amide bonds. The van der Waals surface area contributed by atoms with Crippen LogP contribution in [0.1, 0.15) is 95.0 Å². The van der Waals surface area contributed by atoms with Crippen molar-refractivity contribution in [3.63, 3.8) is 0 Å². The average molecular weight is 545 g/mol. The summed E-state index contributed by atoms with van der Waals surface area (Å²) in [7, 11) is -0.562. The Hall–Kier alpha value is -2.65. The van der Waals surface area contributed by atoms with Crippen molar-refractivity contribution in [2.45, 2.75) is 79.1 Å². The molecular weight excluding hydrogens is 495 g/mol. The Morgan fingerprint density at radius 2 is 1.16 bits per heavy atom. The highest BCUT2D eigenvalue weighted by Gasteiger charge is 2.34. The van der Waals surface area contributed by atoms with Crippen molar-refractivity contribution in [3.05, 3.63) is 71.8 Å². The lowest BCUT2D eigenvalue weighted by molar-refractivity contribution is -0.255. The molecule has 5 nitrogen and oxygen atoms in total. The first kappa shape index (κ1) is 35.4. The minimum atomic E-state index is -1.36. The summed E-state index contributed by atoms with van der Waals surface area (Å²) in [4.78, 5) is 20.2. The fourth-order valence-corrected chi connectivity index (χ4v) is 9.31. The van der Waals surface area contributed by atoms with Crippen LogP contribution >= 0.6 is 7.26 Å². The van der Waals surface area contributed by atoms with Crippen molar-refractivity contribution < 1.29 is 24.9 Å². The molecule has 0 fully saturated rings. The minimum absolute atomic E-state index is 0.178. The maximum atomic E-state index is 10.2. The van der Waals surface area contributed by atoms with E-state index in [-0.39, 0.29) is 11.3 Å². The summed E-state index contributed by atoms with van der Waals surface area (Å²) >= 11 is 0. The summed E-state index contributed by atoms with van der Waals surface area (Å²) in [5.74, 6) is -2.55. The lowest BCUT2D eigenvalue weighted by Gasteiger charge is -2.28. The van der Waals surface area contributed by atoms with Crippen LogP contribution < -0.4 is 5.11 Å². The van der Waals surface area contributed by atoms with Crippen LogP contribution in [0.5, 0.6) is 5.75 Å². The highest BCUT2D eigenvalue weighted by Crippen LogP contribution is 2.61. The zero-order valence-corrected chi connectivity index (χ0v) is 24.8. The number of carbonyl (C=O) groups is 2. The number of unbranched alkanes of at least 4 members (excludes halogenated alkanes) is 4. The van der Waals surface area contributed by atoms with Crippen molar-refractivity contribution in [2.24, 2.45) is 0 Å². The molecule has 0 unspecified atom stereocenters. The maximum Gasteiger partial charge on any atom is 0.328 e. The second kappa shape index (κ2) is 22.3. The summed E-state index contributed by atoms with van der Waals surface area (Å²) < 4.78 is 0. The van der Waals surface area contributed by atoms with Crippen LogP contribution in [0, 0.1) is 0 Å². The predicted molar refractivity (Wildman–Crippen MR) is 162 cm³/mol. The number of hydrogen-bond acceptors (Lipinski definition) is 4. The van der Waals surface area contributed by atoms with Crippen LogP contribution in [-0.2, 0) is 4.79 Å². The highest BCUT2D eigenvalue weighted by atomic mass is 31.2. The average Bonchev–Trinajstić information content (AvgIpc) is 2.92. The third-order valence-corrected chi connectivity index (χ3v) is 11.3. The number of carbonyl (C=O) groups excluding carboxylic acids is 1. The lowest BCUT2D eigenvalue weighted by atomic mass is 10.2. The van der Waals surface area contributed by atoms with Crippen LogP contribution in [0.4, 0.5) is 0 Å². The molecule has 0 bridgehead atoms. The van der Waals surface area contributed by atoms with E-state index >= 15 is 0 Å². The lowest BCUT2D eigenvalue weighted by Crippen LogP contribution is -2.22. The first-order chi connectivity index (χ1) is 18.2. The van der Waals surface area contributed by atoms with Crippen molar-refractivity contribution in [3.8, 4) is 5.75 Å². The van der Waals surface area contributed by atoms with Gasteiger partial charge in [-0.15, -0.1) is 0 Å². The number of phenols is 1. The van der Waals surface area contributed by atoms with Gasteiger partial charge in [-0.2, -0.15) is 0 Å². The number of aromatic hydroxyl groups is 1. The fraction of sp³-hybridized carbons (Fsp3) is 0.500. The van der Waals surface area contributed by atoms with E-state index in [1.807, 2.05) is 30.3 Å². The van der Waals surface area contributed by atoms with Crippen LogP contribution in [0.3, 0.4) is 0 Å². The number of carboxylic acids is 2. The molecule has 2 rings (SSSR count). The van der Waals surface area contributed by atoms with E-state index < -0.39 is 19.2 Å². The third-order valence-electron chi connectivity index (χ3n) is 6.29. The molecule has 0 radical (unpaired) electrons. The van der Waals surface area contributed by atoms with Gasteiger partial charge in [0.15, 0.2) is 0 Å². The van der Waals surface area contributed by atoms with Crippen LogP contribution in [0.25, 0.3) is 6.08 Å². The second-order valence-electron chi connectivity index (χ2n) is 9.54. The Balaban J connectivity index is 0.000000565. The van der Waals surface area contributed by atoms with Crippen molar-refractivity contribution in [1.29, 1.82) is 0 Å². The number of aliphatic carboxylic acids is 1. The van der Waals surface area contributed by atoms with Gasteiger partial charge in [0.25, 0.3) is 0 Å². The molecule has 2 aromatic carbocycles. The predicted octanol–water partition coefficient (Wildman–Crippen LogP) is 7.74. The summed E-state index contributed by atoms with van der Waals surface area (Å²) in [6, 6.07) is 14.9. The smallest absolute Gasteiger partial charge is 0.328 e. The van der Waals surface area contributed by atoms with Gasteiger partial charge in [0.2, 0.25) is 0 Å². The highest BCUT2D eigenvalue weighted by molar-refractivity contribution is 7.75. The van der Waals surface area contributed by atoms with Gasteiger partial charge in [-0.3, -0.25) is 0 Å². The van der Waals surface area contributed by atoms with Gasteiger partial charge in [-0.05, 0) is 49.5 Å². The minimum Gasteiger partial charge on any atom is -0.545 e. The monoisotopic (exact) mass is 544 g/mol. The number of benzene rings is 2. The number of rotatable bonds is 15. The van der Waals surface area contributed by atoms with Gasteiger partial charge in [0, 0.05) is 18.9 Å². The second-order valence-corrected chi connectivity index (χ2v) is 14.0. The summed E-state index contributed by atoms with van der Waals surface area (Å²) in [5.41, 5.74) is 0.720. The molecule has 0 saturated heterocycles. The number of para-hydroxylation sites is 1. The van der Waals surface area contributed by atoms with Crippen LogP contribution in [-0.4, -0.2) is 46.8 Å². The molecule has 6 heteroatoms. The molecule has 2 N–H and O–H groups in total. The molecule has 0 heterocycles. The Morgan fingerprint density at radius 1 is 0.737 bits per heavy atom. The van der Waals surface area contributed by atoms with Crippen molar-refractivity contribution in [1.82, 2.24) is 0 Å². The van der Waals surface area contributed by atoms with Crippen LogP contribution in [0.2, 0.25) is 0 Å². The third kappa shape index (κ3) is 17.0. The quantitative estimate of drug-likeness (QED) is 0.176. The molecule has 2 aromatic rings. The van der Waals surface area contributed by atoms with E-state index in [2.05, 4.69) is 27.7 Å². The van der Waals surface area contributed by atoms with E-state index in [0.717, 1.165) is 11.6 Å². The molecule has 0 aliphatic heterocycles. The molecule has 0 atom stereocenters. The molecular formula is C32H49O5P. The maximum absolute atomic E-state index is 10.2. The number of carboxylic acid groups (broad SMARTS) is 2. The molecule has 0 aliphatic rings. The molecule has 38 heavy (non-hydrogen) atoms. The van der Waals surface area contributed by atoms with Crippen LogP contribution in [0.15, 0.2) is 60.7 Å². The molecule has 0 aliphatic carbocycles. The van der Waals surface area contributed by atoms with Gasteiger partial charge in [0.1, 0.15) is 5.75 Å². The molecule has 0 saturated carbocycles. The van der Waals surface area contributed by atoms with E-state index in [0.29, 0.717) is 0 Å². The Bertz CT molecular complexity index is 874. The van der Waals surface area contributed by atoms with E-state index in [4.69, 9.17) is 10.2 Å². The number of aromatic carboxylic acids is 1. The first-order valence-electron chi connectivity index (χ1n) is 14.1. The summed E-state index contributed by atoms with van der Waals surface area (Å²) in [6.45, 7) is 9.42. The Morgan fingerprint density at radius 3 is 1.50 bits per heavy atom. The summed E-state index contributed by atoms with van der Waals surface area (Å²) in [5, 5.41) is 27.3. The Kier molecular flexibility index (Phi) is 20.8. The zero-order chi connectivity index (χ0) is 28.7. The fourth-order valence-electron chi connectivity index (χ4n) is 4.02. The Labute approximate surface area is 231 Å². The topological polar surface area (TPSA) is 97.7 Å². The van der Waals surface area contributed by atoms with Gasteiger partial charge >= 0.3 is 5.97 Å². The molecule has 0 aromatic heterocycles. The van der Waals surface area contributed by atoms with Crippen molar-refractivity contribution >= 4 is 25.3 Å². The van der Waals surface area contributed by atoms with E-state index in [1.165, 1.54) is 69.6 Å². The van der Waals surface area contributed by atoms with Gasteiger partial charge in [0.05, 0.1) is 30.6 Å². The van der Waals surface area contributed by atoms with E-state index in [1.54, 1.807) is 36.8 Å². The number of hydrogen-bond donors (Lipinski definition) is 2. The molecule has 0 spiro atoms. The van der Waals surface area contributed by atoms with Gasteiger partial charge < -0.3 is 20.1 Å². The zero-order valence-electron chi connectivity index (χ0n) is 23.9. The van der Waals surface area contributed by atoms with Gasteiger partial charge in [-0.1, -0.05) is 95.8 Å².